The molecule has 0 radical (unpaired) electrons. The minimum atomic E-state index is -0.189. The lowest BCUT2D eigenvalue weighted by Gasteiger charge is -2.12. The molecule has 0 saturated carbocycles. The van der Waals surface area contributed by atoms with Gasteiger partial charge in [0.05, 0.1) is 0 Å². The van der Waals surface area contributed by atoms with Gasteiger partial charge in [-0.2, -0.15) is 0 Å². The Morgan fingerprint density at radius 3 is 2.58 bits per heavy atom. The highest BCUT2D eigenvalue weighted by atomic mass is 16.2. The third kappa shape index (κ3) is 5.41. The zero-order valence-corrected chi connectivity index (χ0v) is 12.5. The molecule has 0 spiro atoms. The van der Waals surface area contributed by atoms with Crippen molar-refractivity contribution in [3.63, 3.8) is 0 Å². The molecule has 1 amide bonds. The van der Waals surface area contributed by atoms with E-state index in [9.17, 15) is 4.79 Å². The molecule has 1 unspecified atom stereocenters. The molecule has 1 atom stereocenters. The quantitative estimate of drug-likeness (QED) is 0.710. The van der Waals surface area contributed by atoms with Crippen LogP contribution in [0.25, 0.3) is 0 Å². The van der Waals surface area contributed by atoms with Gasteiger partial charge in [-0.05, 0) is 13.3 Å². The molecule has 1 aromatic rings. The van der Waals surface area contributed by atoms with Crippen LogP contribution in [0, 0.1) is 0 Å². The molecule has 0 aliphatic heterocycles. The summed E-state index contributed by atoms with van der Waals surface area (Å²) in [5, 5.41) is 9.69. The van der Waals surface area contributed by atoms with Gasteiger partial charge < -0.3 is 5.32 Å². The van der Waals surface area contributed by atoms with Crippen molar-refractivity contribution in [1.82, 2.24) is 20.5 Å². The number of hydrogen-bond donors (Lipinski definition) is 2. The lowest BCUT2D eigenvalue weighted by Crippen LogP contribution is -2.33. The molecule has 1 rings (SSSR count). The van der Waals surface area contributed by atoms with E-state index >= 15 is 0 Å². The lowest BCUT2D eigenvalue weighted by atomic mass is 10.1. The number of carbonyl (C=O) groups excluding carboxylic acids is 1. The van der Waals surface area contributed by atoms with Crippen molar-refractivity contribution >= 4 is 5.91 Å². The van der Waals surface area contributed by atoms with Crippen molar-refractivity contribution < 1.29 is 4.79 Å². The average Bonchev–Trinajstić information content (AvgIpc) is 2.84. The highest BCUT2D eigenvalue weighted by molar-refractivity contribution is 5.90. The molecule has 0 saturated heterocycles. The SMILES string of the molecule is CCCCCCC(C)NC(=O)c1n[nH]c(C(C)C)n1. The van der Waals surface area contributed by atoms with Crippen LogP contribution in [0.15, 0.2) is 0 Å². The Morgan fingerprint density at radius 1 is 1.26 bits per heavy atom. The van der Waals surface area contributed by atoms with Gasteiger partial charge in [-0.1, -0.05) is 46.5 Å². The van der Waals surface area contributed by atoms with Crippen LogP contribution in [0.5, 0.6) is 0 Å². The number of aromatic nitrogens is 3. The van der Waals surface area contributed by atoms with E-state index in [-0.39, 0.29) is 23.7 Å². The maximum atomic E-state index is 11.9. The molecule has 0 fully saturated rings. The maximum absolute atomic E-state index is 11.9. The van der Waals surface area contributed by atoms with Gasteiger partial charge in [0.2, 0.25) is 5.82 Å². The Labute approximate surface area is 115 Å². The number of H-pyrrole nitrogens is 1. The van der Waals surface area contributed by atoms with Crippen molar-refractivity contribution in [3.05, 3.63) is 11.6 Å². The molecule has 0 bridgehead atoms. The maximum Gasteiger partial charge on any atom is 0.291 e. The molecule has 1 heterocycles. The van der Waals surface area contributed by atoms with Gasteiger partial charge in [-0.3, -0.25) is 9.89 Å². The number of rotatable bonds is 8. The summed E-state index contributed by atoms with van der Waals surface area (Å²) in [5.74, 6) is 1.05. The summed E-state index contributed by atoms with van der Waals surface area (Å²) in [6.07, 6.45) is 5.89. The van der Waals surface area contributed by atoms with Gasteiger partial charge in [0.1, 0.15) is 5.82 Å². The van der Waals surface area contributed by atoms with Crippen LogP contribution in [-0.2, 0) is 0 Å². The van der Waals surface area contributed by atoms with Crippen molar-refractivity contribution in [2.75, 3.05) is 0 Å². The summed E-state index contributed by atoms with van der Waals surface area (Å²) >= 11 is 0. The molecule has 5 heteroatoms. The van der Waals surface area contributed by atoms with Crippen LogP contribution >= 0.6 is 0 Å². The number of unbranched alkanes of at least 4 members (excludes halogenated alkanes) is 3. The van der Waals surface area contributed by atoms with E-state index in [1.807, 2.05) is 20.8 Å². The molecular formula is C14H26N4O. The molecule has 0 aliphatic carbocycles. The second kappa shape index (κ2) is 7.92. The first-order chi connectivity index (χ1) is 9.04. The number of nitrogens with zero attached hydrogens (tertiary/aromatic N) is 2. The predicted octanol–water partition coefficient (Wildman–Crippen LogP) is 3.02. The van der Waals surface area contributed by atoms with Crippen molar-refractivity contribution in [2.24, 2.45) is 0 Å². The van der Waals surface area contributed by atoms with Crippen molar-refractivity contribution in [3.8, 4) is 0 Å². The van der Waals surface area contributed by atoms with Crippen LogP contribution in [-0.4, -0.2) is 27.1 Å². The Balaban J connectivity index is 2.36. The van der Waals surface area contributed by atoms with Crippen LogP contribution < -0.4 is 5.32 Å². The average molecular weight is 266 g/mol. The van der Waals surface area contributed by atoms with E-state index in [2.05, 4.69) is 27.4 Å². The van der Waals surface area contributed by atoms with Gasteiger partial charge in [0.15, 0.2) is 0 Å². The number of amides is 1. The van der Waals surface area contributed by atoms with E-state index in [4.69, 9.17) is 0 Å². The Morgan fingerprint density at radius 2 is 2.00 bits per heavy atom. The van der Waals surface area contributed by atoms with E-state index in [1.54, 1.807) is 0 Å². The fourth-order valence-electron chi connectivity index (χ4n) is 1.87. The molecule has 5 nitrogen and oxygen atoms in total. The minimum absolute atomic E-state index is 0.172. The van der Waals surface area contributed by atoms with Crippen LogP contribution in [0.2, 0.25) is 0 Å². The third-order valence-electron chi connectivity index (χ3n) is 3.12. The molecule has 19 heavy (non-hydrogen) atoms. The lowest BCUT2D eigenvalue weighted by molar-refractivity contribution is 0.0927. The first-order valence-electron chi connectivity index (χ1n) is 7.27. The molecule has 1 aromatic heterocycles. The monoisotopic (exact) mass is 266 g/mol. The van der Waals surface area contributed by atoms with Crippen molar-refractivity contribution in [2.45, 2.75) is 71.8 Å². The van der Waals surface area contributed by atoms with E-state index in [0.717, 1.165) is 18.7 Å². The topological polar surface area (TPSA) is 70.7 Å². The Bertz CT molecular complexity index is 387. The summed E-state index contributed by atoms with van der Waals surface area (Å²) in [5.41, 5.74) is 0. The van der Waals surface area contributed by atoms with E-state index < -0.39 is 0 Å². The zero-order chi connectivity index (χ0) is 14.3. The summed E-state index contributed by atoms with van der Waals surface area (Å²) in [6, 6.07) is 0.172. The van der Waals surface area contributed by atoms with Crippen LogP contribution in [0.3, 0.4) is 0 Å². The highest BCUT2D eigenvalue weighted by Crippen LogP contribution is 2.08. The molecular weight excluding hydrogens is 240 g/mol. The minimum Gasteiger partial charge on any atom is -0.347 e. The summed E-state index contributed by atoms with van der Waals surface area (Å²) in [4.78, 5) is 16.1. The summed E-state index contributed by atoms with van der Waals surface area (Å²) < 4.78 is 0. The first kappa shape index (κ1) is 15.7. The molecule has 0 aromatic carbocycles. The second-order valence-electron chi connectivity index (χ2n) is 5.42. The van der Waals surface area contributed by atoms with Crippen LogP contribution in [0.1, 0.15) is 82.2 Å². The molecule has 0 aliphatic rings. The fourth-order valence-corrected chi connectivity index (χ4v) is 1.87. The smallest absolute Gasteiger partial charge is 0.291 e. The van der Waals surface area contributed by atoms with E-state index in [1.165, 1.54) is 19.3 Å². The fraction of sp³-hybridized carbons (Fsp3) is 0.786. The van der Waals surface area contributed by atoms with Crippen LogP contribution in [0.4, 0.5) is 0 Å². The Hall–Kier alpha value is -1.39. The summed E-state index contributed by atoms with van der Waals surface area (Å²) in [7, 11) is 0. The summed E-state index contributed by atoms with van der Waals surface area (Å²) in [6.45, 7) is 8.25. The molecule has 108 valence electrons. The number of hydrogen-bond acceptors (Lipinski definition) is 3. The standard InChI is InChI=1S/C14H26N4O/c1-5-6-7-8-9-11(4)15-14(19)13-16-12(10(2)3)17-18-13/h10-11H,5-9H2,1-4H3,(H,15,19)(H,16,17,18). The predicted molar refractivity (Wildman–Crippen MR) is 76.2 cm³/mol. The number of carbonyl (C=O) groups is 1. The van der Waals surface area contributed by atoms with Crippen molar-refractivity contribution in [1.29, 1.82) is 0 Å². The normalized spacial score (nSPS) is 12.7. The van der Waals surface area contributed by atoms with E-state index in [0.29, 0.717) is 0 Å². The van der Waals surface area contributed by atoms with Gasteiger partial charge >= 0.3 is 0 Å². The molecule has 2 N–H and O–H groups in total. The largest absolute Gasteiger partial charge is 0.347 e. The number of nitrogens with one attached hydrogen (secondary N) is 2. The van der Waals surface area contributed by atoms with Gasteiger partial charge in [0.25, 0.3) is 5.91 Å². The Kier molecular flexibility index (Phi) is 6.53. The zero-order valence-electron chi connectivity index (χ0n) is 12.5. The van der Waals surface area contributed by atoms with Gasteiger partial charge in [-0.15, -0.1) is 5.10 Å². The second-order valence-corrected chi connectivity index (χ2v) is 5.42. The van der Waals surface area contributed by atoms with Gasteiger partial charge in [-0.25, -0.2) is 4.98 Å². The highest BCUT2D eigenvalue weighted by Gasteiger charge is 2.15. The third-order valence-corrected chi connectivity index (χ3v) is 3.12. The van der Waals surface area contributed by atoms with Gasteiger partial charge in [0, 0.05) is 12.0 Å². The first-order valence-corrected chi connectivity index (χ1v) is 7.27. The number of aromatic amines is 1.